The summed E-state index contributed by atoms with van der Waals surface area (Å²) in [5.41, 5.74) is 7.28. The van der Waals surface area contributed by atoms with Crippen molar-refractivity contribution in [3.8, 4) is 5.75 Å². The quantitative estimate of drug-likeness (QED) is 0.721. The van der Waals surface area contributed by atoms with Gasteiger partial charge in [-0.05, 0) is 12.5 Å². The van der Waals surface area contributed by atoms with E-state index in [1.165, 1.54) is 0 Å². The number of nitrogen functional groups attached to an aromatic ring is 1. The number of rotatable bonds is 4. The number of fused-ring (bicyclic) bond motifs is 1. The van der Waals surface area contributed by atoms with Crippen molar-refractivity contribution in [1.82, 2.24) is 0 Å². The van der Waals surface area contributed by atoms with Gasteiger partial charge < -0.3 is 21.1 Å². The van der Waals surface area contributed by atoms with Gasteiger partial charge in [0.05, 0.1) is 17.1 Å². The molecule has 1 heterocycles. The first-order chi connectivity index (χ1) is 9.10. The van der Waals surface area contributed by atoms with Gasteiger partial charge in [-0.3, -0.25) is 9.59 Å². The van der Waals surface area contributed by atoms with E-state index in [1.807, 2.05) is 6.92 Å². The predicted octanol–water partition coefficient (Wildman–Crippen LogP) is 1.73. The minimum absolute atomic E-state index is 0.0192. The van der Waals surface area contributed by atoms with E-state index in [2.05, 4.69) is 10.6 Å². The molecule has 1 aliphatic rings. The Bertz CT molecular complexity index is 514. The van der Waals surface area contributed by atoms with Crippen molar-refractivity contribution < 1.29 is 14.3 Å². The Morgan fingerprint density at radius 1 is 1.53 bits per heavy atom. The van der Waals surface area contributed by atoms with Gasteiger partial charge in [-0.1, -0.05) is 13.3 Å². The summed E-state index contributed by atoms with van der Waals surface area (Å²) in [4.78, 5) is 22.9. The maximum Gasteiger partial charge on any atom is 0.262 e. The minimum Gasteiger partial charge on any atom is -0.482 e. The molecular formula is C13H17N3O3. The maximum absolute atomic E-state index is 11.7. The Hall–Kier alpha value is -2.24. The van der Waals surface area contributed by atoms with Crippen LogP contribution in [0, 0.1) is 0 Å². The van der Waals surface area contributed by atoms with Gasteiger partial charge in [0.2, 0.25) is 5.91 Å². The van der Waals surface area contributed by atoms with E-state index in [-0.39, 0.29) is 18.4 Å². The smallest absolute Gasteiger partial charge is 0.262 e. The summed E-state index contributed by atoms with van der Waals surface area (Å²) in [6.07, 6.45) is 2.24. The summed E-state index contributed by atoms with van der Waals surface area (Å²) in [7, 11) is 0. The highest BCUT2D eigenvalue weighted by molar-refractivity contribution is 6.00. The Kier molecular flexibility index (Phi) is 3.89. The van der Waals surface area contributed by atoms with Crippen molar-refractivity contribution in [3.05, 3.63) is 12.1 Å². The molecule has 2 amide bonds. The van der Waals surface area contributed by atoms with Crippen LogP contribution in [0.25, 0.3) is 0 Å². The number of carbonyl (C=O) groups is 2. The average molecular weight is 263 g/mol. The summed E-state index contributed by atoms with van der Waals surface area (Å²) in [5.74, 6) is 0.209. The van der Waals surface area contributed by atoms with E-state index < -0.39 is 0 Å². The van der Waals surface area contributed by atoms with Crippen molar-refractivity contribution in [3.63, 3.8) is 0 Å². The topological polar surface area (TPSA) is 93.5 Å². The van der Waals surface area contributed by atoms with E-state index in [4.69, 9.17) is 10.5 Å². The van der Waals surface area contributed by atoms with Gasteiger partial charge in [0.25, 0.3) is 5.91 Å². The third kappa shape index (κ3) is 3.15. The normalized spacial score (nSPS) is 13.2. The van der Waals surface area contributed by atoms with Crippen LogP contribution in [0.1, 0.15) is 26.2 Å². The second-order valence-electron chi connectivity index (χ2n) is 4.42. The van der Waals surface area contributed by atoms with Crippen LogP contribution in [-0.4, -0.2) is 18.4 Å². The molecule has 0 atom stereocenters. The van der Waals surface area contributed by atoms with Crippen molar-refractivity contribution in [2.24, 2.45) is 0 Å². The van der Waals surface area contributed by atoms with Crippen molar-refractivity contribution in [2.75, 3.05) is 23.0 Å². The number of nitrogens with one attached hydrogen (secondary N) is 2. The summed E-state index contributed by atoms with van der Waals surface area (Å²) in [6.45, 7) is 2.00. The molecule has 102 valence electrons. The molecule has 1 aliphatic heterocycles. The highest BCUT2D eigenvalue weighted by Gasteiger charge is 2.18. The molecular weight excluding hydrogens is 246 g/mol. The van der Waals surface area contributed by atoms with Gasteiger partial charge >= 0.3 is 0 Å². The van der Waals surface area contributed by atoms with Crippen molar-refractivity contribution >= 4 is 28.9 Å². The third-order valence-electron chi connectivity index (χ3n) is 2.82. The van der Waals surface area contributed by atoms with Crippen molar-refractivity contribution in [1.29, 1.82) is 0 Å². The van der Waals surface area contributed by atoms with Gasteiger partial charge in [-0.2, -0.15) is 0 Å². The molecule has 6 nitrogen and oxygen atoms in total. The number of benzene rings is 1. The van der Waals surface area contributed by atoms with Crippen LogP contribution in [0.4, 0.5) is 17.1 Å². The summed E-state index contributed by atoms with van der Waals surface area (Å²) >= 11 is 0. The van der Waals surface area contributed by atoms with E-state index in [0.29, 0.717) is 29.2 Å². The Labute approximate surface area is 111 Å². The van der Waals surface area contributed by atoms with Crippen LogP contribution >= 0.6 is 0 Å². The lowest BCUT2D eigenvalue weighted by Gasteiger charge is -2.20. The van der Waals surface area contributed by atoms with Crippen molar-refractivity contribution in [2.45, 2.75) is 26.2 Å². The van der Waals surface area contributed by atoms with E-state index in [0.717, 1.165) is 12.8 Å². The molecule has 0 saturated heterocycles. The molecule has 19 heavy (non-hydrogen) atoms. The summed E-state index contributed by atoms with van der Waals surface area (Å²) in [5, 5.41) is 5.41. The van der Waals surface area contributed by atoms with Crippen LogP contribution in [0.5, 0.6) is 5.75 Å². The highest BCUT2D eigenvalue weighted by Crippen LogP contribution is 2.35. The molecule has 0 saturated carbocycles. The van der Waals surface area contributed by atoms with Crippen LogP contribution in [0.2, 0.25) is 0 Å². The number of ether oxygens (including phenoxy) is 1. The fourth-order valence-electron chi connectivity index (χ4n) is 1.80. The highest BCUT2D eigenvalue weighted by atomic mass is 16.5. The zero-order chi connectivity index (χ0) is 13.8. The lowest BCUT2D eigenvalue weighted by molar-refractivity contribution is -0.118. The fourth-order valence-corrected chi connectivity index (χ4v) is 1.80. The number of unbranched alkanes of at least 4 members (excludes halogenated alkanes) is 1. The van der Waals surface area contributed by atoms with Gasteiger partial charge in [0, 0.05) is 12.5 Å². The van der Waals surface area contributed by atoms with E-state index >= 15 is 0 Å². The summed E-state index contributed by atoms with van der Waals surface area (Å²) in [6, 6.07) is 3.22. The molecule has 0 bridgehead atoms. The predicted molar refractivity (Wildman–Crippen MR) is 73.1 cm³/mol. The SMILES string of the molecule is CCCCC(=O)Nc1cc2c(cc1N)OCC(=O)N2. The second kappa shape index (κ2) is 5.60. The van der Waals surface area contributed by atoms with Crippen LogP contribution in [-0.2, 0) is 9.59 Å². The van der Waals surface area contributed by atoms with Gasteiger partial charge in [0.1, 0.15) is 5.75 Å². The molecule has 0 aliphatic carbocycles. The maximum atomic E-state index is 11.7. The molecule has 1 aromatic rings. The molecule has 0 fully saturated rings. The lowest BCUT2D eigenvalue weighted by Crippen LogP contribution is -2.25. The zero-order valence-corrected chi connectivity index (χ0v) is 10.8. The van der Waals surface area contributed by atoms with Gasteiger partial charge in [0.15, 0.2) is 6.61 Å². The van der Waals surface area contributed by atoms with Crippen LogP contribution < -0.4 is 21.1 Å². The van der Waals surface area contributed by atoms with Gasteiger partial charge in [-0.25, -0.2) is 0 Å². The van der Waals surface area contributed by atoms with Crippen LogP contribution in [0.15, 0.2) is 12.1 Å². The second-order valence-corrected chi connectivity index (χ2v) is 4.42. The van der Waals surface area contributed by atoms with E-state index in [1.54, 1.807) is 12.1 Å². The first-order valence-electron chi connectivity index (χ1n) is 6.26. The number of hydrogen-bond donors (Lipinski definition) is 3. The number of hydrogen-bond acceptors (Lipinski definition) is 4. The molecule has 4 N–H and O–H groups in total. The van der Waals surface area contributed by atoms with Crippen LogP contribution in [0.3, 0.4) is 0 Å². The Morgan fingerprint density at radius 3 is 3.05 bits per heavy atom. The molecule has 2 rings (SSSR count). The molecule has 1 aromatic carbocycles. The monoisotopic (exact) mass is 263 g/mol. The number of anilines is 3. The fraction of sp³-hybridized carbons (Fsp3) is 0.385. The average Bonchev–Trinajstić information content (AvgIpc) is 2.38. The molecule has 0 spiro atoms. The molecule has 6 heteroatoms. The number of nitrogens with two attached hydrogens (primary N) is 1. The third-order valence-corrected chi connectivity index (χ3v) is 2.82. The Morgan fingerprint density at radius 2 is 2.32 bits per heavy atom. The standard InChI is InChI=1S/C13H17N3O3/c1-2-3-4-12(17)15-9-6-10-11(5-8(9)14)19-7-13(18)16-10/h5-6H,2-4,7,14H2,1H3,(H,15,17)(H,16,18). The lowest BCUT2D eigenvalue weighted by atomic mass is 10.2. The zero-order valence-electron chi connectivity index (χ0n) is 10.8. The minimum atomic E-state index is -0.222. The first kappa shape index (κ1) is 13.2. The molecule has 0 radical (unpaired) electrons. The summed E-state index contributed by atoms with van der Waals surface area (Å²) < 4.78 is 5.24. The Balaban J connectivity index is 2.15. The largest absolute Gasteiger partial charge is 0.482 e. The molecule has 0 unspecified atom stereocenters. The number of amides is 2. The first-order valence-corrected chi connectivity index (χ1v) is 6.26. The van der Waals surface area contributed by atoms with E-state index in [9.17, 15) is 9.59 Å². The molecule has 0 aromatic heterocycles. The number of carbonyl (C=O) groups excluding carboxylic acids is 2. The van der Waals surface area contributed by atoms with Gasteiger partial charge in [-0.15, -0.1) is 0 Å².